The minimum absolute atomic E-state index is 0.720. The fourth-order valence-electron chi connectivity index (χ4n) is 2.55. The maximum absolute atomic E-state index is 5.18. The van der Waals surface area contributed by atoms with Crippen LogP contribution < -0.4 is 4.74 Å². The lowest BCUT2D eigenvalue weighted by molar-refractivity contribution is 0.274. The van der Waals surface area contributed by atoms with E-state index in [2.05, 4.69) is 45.8 Å². The Kier molecular flexibility index (Phi) is 4.59. The van der Waals surface area contributed by atoms with E-state index >= 15 is 0 Å². The van der Waals surface area contributed by atoms with Crippen molar-refractivity contribution in [3.8, 4) is 5.75 Å². The standard InChI is InChI=1S/C18H23N3O/c1-20-13-11-19-18(20)14-21(16-7-8-16)12-3-4-15-5-9-17(22-2)10-6-15/h3-6,9-11,13,16H,7-8,12,14H2,1-2H3. The van der Waals surface area contributed by atoms with Crippen molar-refractivity contribution in [3.05, 3.63) is 54.1 Å². The lowest BCUT2D eigenvalue weighted by Gasteiger charge is -2.19. The second-order valence-electron chi connectivity index (χ2n) is 5.79. The number of ether oxygens (including phenoxy) is 1. The molecule has 0 unspecified atom stereocenters. The fourth-order valence-corrected chi connectivity index (χ4v) is 2.55. The van der Waals surface area contributed by atoms with E-state index in [1.807, 2.05) is 24.5 Å². The van der Waals surface area contributed by atoms with Gasteiger partial charge < -0.3 is 9.30 Å². The summed E-state index contributed by atoms with van der Waals surface area (Å²) >= 11 is 0. The van der Waals surface area contributed by atoms with Crippen LogP contribution in [0.3, 0.4) is 0 Å². The predicted molar refractivity (Wildman–Crippen MR) is 88.7 cm³/mol. The van der Waals surface area contributed by atoms with Crippen LogP contribution in [0.15, 0.2) is 42.7 Å². The molecule has 0 amide bonds. The van der Waals surface area contributed by atoms with Crippen LogP contribution in [0.1, 0.15) is 24.2 Å². The van der Waals surface area contributed by atoms with Gasteiger partial charge in [0, 0.05) is 32.0 Å². The maximum atomic E-state index is 5.18. The van der Waals surface area contributed by atoms with E-state index in [1.165, 1.54) is 18.4 Å². The van der Waals surface area contributed by atoms with E-state index in [0.29, 0.717) is 0 Å². The van der Waals surface area contributed by atoms with Crippen molar-refractivity contribution < 1.29 is 4.74 Å². The van der Waals surface area contributed by atoms with Gasteiger partial charge in [-0.1, -0.05) is 24.3 Å². The Bertz CT molecular complexity index is 626. The molecule has 1 saturated carbocycles. The largest absolute Gasteiger partial charge is 0.497 e. The molecule has 22 heavy (non-hydrogen) atoms. The number of nitrogens with zero attached hydrogens (tertiary/aromatic N) is 3. The Morgan fingerprint density at radius 3 is 2.68 bits per heavy atom. The molecule has 0 saturated heterocycles. The molecular formula is C18H23N3O. The van der Waals surface area contributed by atoms with Crippen molar-refractivity contribution in [3.63, 3.8) is 0 Å². The van der Waals surface area contributed by atoms with E-state index in [9.17, 15) is 0 Å². The van der Waals surface area contributed by atoms with E-state index in [-0.39, 0.29) is 0 Å². The third-order valence-corrected chi connectivity index (χ3v) is 4.09. The van der Waals surface area contributed by atoms with Gasteiger partial charge in [-0.15, -0.1) is 0 Å². The molecule has 3 rings (SSSR count). The summed E-state index contributed by atoms with van der Waals surface area (Å²) < 4.78 is 7.28. The smallest absolute Gasteiger partial charge is 0.122 e. The number of hydrogen-bond donors (Lipinski definition) is 0. The monoisotopic (exact) mass is 297 g/mol. The summed E-state index contributed by atoms with van der Waals surface area (Å²) in [5.74, 6) is 2.02. The summed E-state index contributed by atoms with van der Waals surface area (Å²) in [6, 6.07) is 8.86. The number of methoxy groups -OCH3 is 1. The van der Waals surface area contributed by atoms with Crippen LogP contribution in [0.4, 0.5) is 0 Å². The van der Waals surface area contributed by atoms with Gasteiger partial charge in [0.15, 0.2) is 0 Å². The third kappa shape index (κ3) is 3.77. The molecular weight excluding hydrogens is 274 g/mol. The fraction of sp³-hybridized carbons (Fsp3) is 0.389. The number of rotatable bonds is 7. The Hall–Kier alpha value is -2.07. The van der Waals surface area contributed by atoms with Gasteiger partial charge >= 0.3 is 0 Å². The van der Waals surface area contributed by atoms with Crippen molar-refractivity contribution in [1.29, 1.82) is 0 Å². The predicted octanol–water partition coefficient (Wildman–Crippen LogP) is 3.11. The summed E-state index contributed by atoms with van der Waals surface area (Å²) in [6.07, 6.45) is 10.9. The Morgan fingerprint density at radius 2 is 2.09 bits per heavy atom. The molecule has 1 aliphatic rings. The van der Waals surface area contributed by atoms with Crippen molar-refractivity contribution in [2.24, 2.45) is 7.05 Å². The summed E-state index contributed by atoms with van der Waals surface area (Å²) in [5, 5.41) is 0. The third-order valence-electron chi connectivity index (χ3n) is 4.09. The van der Waals surface area contributed by atoms with Gasteiger partial charge in [0.1, 0.15) is 11.6 Å². The van der Waals surface area contributed by atoms with Crippen LogP contribution in [-0.2, 0) is 13.6 Å². The highest BCUT2D eigenvalue weighted by atomic mass is 16.5. The van der Waals surface area contributed by atoms with Crippen LogP contribution in [0, 0.1) is 0 Å². The summed E-state index contributed by atoms with van der Waals surface area (Å²) in [4.78, 5) is 6.94. The van der Waals surface area contributed by atoms with E-state index in [0.717, 1.165) is 30.7 Å². The molecule has 0 atom stereocenters. The zero-order valence-electron chi connectivity index (χ0n) is 13.3. The molecule has 1 aromatic carbocycles. The number of benzene rings is 1. The van der Waals surface area contributed by atoms with E-state index < -0.39 is 0 Å². The first-order valence-corrected chi connectivity index (χ1v) is 7.77. The molecule has 2 aromatic rings. The van der Waals surface area contributed by atoms with Crippen molar-refractivity contribution >= 4 is 6.08 Å². The number of aryl methyl sites for hydroxylation is 1. The first kappa shape index (κ1) is 14.9. The SMILES string of the molecule is COc1ccc(C=CCN(Cc2nccn2C)C2CC2)cc1. The molecule has 1 aliphatic carbocycles. The molecule has 4 nitrogen and oxygen atoms in total. The molecule has 0 bridgehead atoms. The van der Waals surface area contributed by atoms with Gasteiger partial charge in [-0.05, 0) is 30.5 Å². The van der Waals surface area contributed by atoms with Crippen molar-refractivity contribution in [2.45, 2.75) is 25.4 Å². The Labute approximate surface area is 132 Å². The molecule has 116 valence electrons. The van der Waals surface area contributed by atoms with Gasteiger partial charge in [0.2, 0.25) is 0 Å². The second kappa shape index (κ2) is 6.79. The number of hydrogen-bond acceptors (Lipinski definition) is 3. The molecule has 4 heteroatoms. The summed E-state index contributed by atoms with van der Waals surface area (Å²) in [6.45, 7) is 1.88. The number of aromatic nitrogens is 2. The van der Waals surface area contributed by atoms with Crippen molar-refractivity contribution in [1.82, 2.24) is 14.5 Å². The molecule has 0 N–H and O–H groups in total. The first-order valence-electron chi connectivity index (χ1n) is 7.77. The molecule has 1 aromatic heterocycles. The summed E-state index contributed by atoms with van der Waals surface area (Å²) in [5.41, 5.74) is 1.20. The topological polar surface area (TPSA) is 30.3 Å². The molecule has 0 aliphatic heterocycles. The van der Waals surface area contributed by atoms with Gasteiger partial charge in [-0.3, -0.25) is 4.90 Å². The quantitative estimate of drug-likeness (QED) is 0.786. The Morgan fingerprint density at radius 1 is 1.32 bits per heavy atom. The first-order chi connectivity index (χ1) is 10.8. The second-order valence-corrected chi connectivity index (χ2v) is 5.79. The lowest BCUT2D eigenvalue weighted by Crippen LogP contribution is -2.27. The average Bonchev–Trinajstić information content (AvgIpc) is 3.31. The van der Waals surface area contributed by atoms with Crippen LogP contribution in [0.25, 0.3) is 6.08 Å². The van der Waals surface area contributed by atoms with Crippen LogP contribution in [0.2, 0.25) is 0 Å². The minimum atomic E-state index is 0.720. The van der Waals surface area contributed by atoms with Crippen LogP contribution >= 0.6 is 0 Å². The molecule has 0 spiro atoms. The van der Waals surface area contributed by atoms with Gasteiger partial charge in [0.05, 0.1) is 13.7 Å². The van der Waals surface area contributed by atoms with Gasteiger partial charge in [-0.2, -0.15) is 0 Å². The van der Waals surface area contributed by atoms with Crippen molar-refractivity contribution in [2.75, 3.05) is 13.7 Å². The van der Waals surface area contributed by atoms with Crippen LogP contribution in [0.5, 0.6) is 5.75 Å². The zero-order chi connectivity index (χ0) is 15.4. The Balaban J connectivity index is 1.59. The van der Waals surface area contributed by atoms with Gasteiger partial charge in [0.25, 0.3) is 0 Å². The normalized spacial score (nSPS) is 14.9. The van der Waals surface area contributed by atoms with Gasteiger partial charge in [-0.25, -0.2) is 4.98 Å². The van der Waals surface area contributed by atoms with E-state index in [1.54, 1.807) is 7.11 Å². The zero-order valence-corrected chi connectivity index (χ0v) is 13.3. The van der Waals surface area contributed by atoms with E-state index in [4.69, 9.17) is 4.74 Å². The maximum Gasteiger partial charge on any atom is 0.122 e. The molecule has 1 heterocycles. The summed E-state index contributed by atoms with van der Waals surface area (Å²) in [7, 11) is 3.75. The van der Waals surface area contributed by atoms with Crippen LogP contribution in [-0.4, -0.2) is 34.1 Å². The lowest BCUT2D eigenvalue weighted by atomic mass is 10.2. The highest BCUT2D eigenvalue weighted by Crippen LogP contribution is 2.28. The number of imidazole rings is 1. The highest BCUT2D eigenvalue weighted by Gasteiger charge is 2.28. The molecule has 1 fully saturated rings. The average molecular weight is 297 g/mol. The molecule has 0 radical (unpaired) electrons. The highest BCUT2D eigenvalue weighted by molar-refractivity contribution is 5.50. The minimum Gasteiger partial charge on any atom is -0.497 e.